The van der Waals surface area contributed by atoms with Crippen molar-refractivity contribution < 1.29 is 14.3 Å². The van der Waals surface area contributed by atoms with Crippen LogP contribution in [0.15, 0.2) is 55.0 Å². The summed E-state index contributed by atoms with van der Waals surface area (Å²) in [5.41, 5.74) is 3.11. The third-order valence-electron chi connectivity index (χ3n) is 5.47. The van der Waals surface area contributed by atoms with E-state index in [-0.39, 0.29) is 12.6 Å². The zero-order valence-corrected chi connectivity index (χ0v) is 16.4. The van der Waals surface area contributed by atoms with Crippen molar-refractivity contribution in [3.05, 3.63) is 82.9 Å². The van der Waals surface area contributed by atoms with Crippen LogP contribution in [0, 0.1) is 18.3 Å². The number of carbonyl (C=O) groups excluding carboxylic acids is 1. The van der Waals surface area contributed by atoms with Gasteiger partial charge in [-0.1, -0.05) is 35.9 Å². The predicted octanol–water partition coefficient (Wildman–Crippen LogP) is 3.51. The third kappa shape index (κ3) is 3.15. The Balaban J connectivity index is 1.74. The molecule has 1 aliphatic heterocycles. The Labute approximate surface area is 169 Å². The van der Waals surface area contributed by atoms with Gasteiger partial charge >= 0.3 is 5.97 Å². The average Bonchev–Trinajstić information content (AvgIpc) is 3.36. The van der Waals surface area contributed by atoms with Crippen LogP contribution in [0.3, 0.4) is 0 Å². The number of ether oxygens (including phenoxy) is 2. The number of hydrogen-bond donors (Lipinski definition) is 0. The number of aromatic nitrogens is 2. The summed E-state index contributed by atoms with van der Waals surface area (Å²) in [7, 11) is 1.54. The predicted molar refractivity (Wildman–Crippen MR) is 106 cm³/mol. The van der Waals surface area contributed by atoms with Crippen LogP contribution in [-0.4, -0.2) is 22.6 Å². The Hall–Kier alpha value is -3.59. The van der Waals surface area contributed by atoms with Gasteiger partial charge in [-0.2, -0.15) is 5.26 Å². The summed E-state index contributed by atoms with van der Waals surface area (Å²) in [6.07, 6.45) is 4.67. The Morgan fingerprint density at radius 2 is 2.07 bits per heavy atom. The van der Waals surface area contributed by atoms with E-state index in [9.17, 15) is 10.1 Å². The molecule has 0 aliphatic carbocycles. The first-order chi connectivity index (χ1) is 14.1. The number of nitrogens with zero attached hydrogens (tertiary/aromatic N) is 3. The van der Waals surface area contributed by atoms with Crippen LogP contribution < -0.4 is 4.74 Å². The monoisotopic (exact) mass is 387 g/mol. The zero-order valence-electron chi connectivity index (χ0n) is 16.4. The maximum absolute atomic E-state index is 13.5. The maximum atomic E-state index is 13.5. The quantitative estimate of drug-likeness (QED) is 0.626. The molecule has 2 aromatic carbocycles. The highest BCUT2D eigenvalue weighted by Gasteiger charge is 2.50. The Kier molecular flexibility index (Phi) is 4.81. The second kappa shape index (κ2) is 7.44. The molecule has 1 aromatic heterocycles. The van der Waals surface area contributed by atoms with E-state index in [2.05, 4.69) is 11.1 Å². The molecule has 2 heterocycles. The lowest BCUT2D eigenvalue weighted by Gasteiger charge is -2.31. The number of rotatable bonds is 5. The molecule has 0 saturated carbocycles. The fourth-order valence-corrected chi connectivity index (χ4v) is 3.91. The highest BCUT2D eigenvalue weighted by molar-refractivity contribution is 5.85. The molecule has 6 heteroatoms. The van der Waals surface area contributed by atoms with E-state index in [1.807, 2.05) is 35.8 Å². The first kappa shape index (κ1) is 18.8. The number of esters is 1. The molecule has 0 amide bonds. The van der Waals surface area contributed by atoms with Gasteiger partial charge in [-0.05, 0) is 37.5 Å². The molecule has 1 aliphatic rings. The highest BCUT2D eigenvalue weighted by Crippen LogP contribution is 2.43. The molecular formula is C23H21N3O3. The first-order valence-corrected chi connectivity index (χ1v) is 9.41. The van der Waals surface area contributed by atoms with Crippen LogP contribution in [0.25, 0.3) is 0 Å². The summed E-state index contributed by atoms with van der Waals surface area (Å²) in [5.74, 6) is 0.121. The Bertz CT molecular complexity index is 1100. The number of fused-ring (bicyclic) bond motifs is 1. The lowest BCUT2D eigenvalue weighted by atomic mass is 9.86. The number of imidazole rings is 1. The van der Waals surface area contributed by atoms with E-state index < -0.39 is 5.54 Å². The number of hydrogen-bond acceptors (Lipinski definition) is 5. The van der Waals surface area contributed by atoms with Crippen molar-refractivity contribution in [3.63, 3.8) is 0 Å². The van der Waals surface area contributed by atoms with E-state index in [1.54, 1.807) is 30.7 Å². The summed E-state index contributed by atoms with van der Waals surface area (Å²) < 4.78 is 13.2. The van der Waals surface area contributed by atoms with Gasteiger partial charge in [0.15, 0.2) is 5.54 Å². The van der Waals surface area contributed by atoms with E-state index in [0.717, 1.165) is 16.8 Å². The molecule has 6 nitrogen and oxygen atoms in total. The average molecular weight is 387 g/mol. The molecule has 4 rings (SSSR count). The standard InChI is InChI=1S/C23H21N3O3/c1-16-3-5-17(6-4-16)14-29-22(27)23(10-9-19-13-25-15-26(19)23)20-8-7-18(12-24)11-21(20)28-2/h3-8,11,13,15H,9-10,14H2,1-2H3. The van der Waals surface area contributed by atoms with Gasteiger partial charge in [-0.15, -0.1) is 0 Å². The van der Waals surface area contributed by atoms with Crippen LogP contribution in [-0.2, 0) is 28.1 Å². The Morgan fingerprint density at radius 3 is 2.79 bits per heavy atom. The van der Waals surface area contributed by atoms with E-state index in [4.69, 9.17) is 9.47 Å². The largest absolute Gasteiger partial charge is 0.496 e. The molecular weight excluding hydrogens is 366 g/mol. The van der Waals surface area contributed by atoms with Crippen molar-refractivity contribution >= 4 is 5.97 Å². The van der Waals surface area contributed by atoms with E-state index >= 15 is 0 Å². The topological polar surface area (TPSA) is 77.1 Å². The Morgan fingerprint density at radius 1 is 1.28 bits per heavy atom. The summed E-state index contributed by atoms with van der Waals surface area (Å²) in [5, 5.41) is 9.23. The van der Waals surface area contributed by atoms with E-state index in [0.29, 0.717) is 29.7 Å². The second-order valence-electron chi connectivity index (χ2n) is 7.20. The van der Waals surface area contributed by atoms with Crippen molar-refractivity contribution in [1.82, 2.24) is 9.55 Å². The number of aryl methyl sites for hydroxylation is 2. The summed E-state index contributed by atoms with van der Waals surface area (Å²) in [6, 6.07) is 15.1. The fourth-order valence-electron chi connectivity index (χ4n) is 3.91. The lowest BCUT2D eigenvalue weighted by Crippen LogP contribution is -2.42. The van der Waals surface area contributed by atoms with Crippen LogP contribution in [0.1, 0.15) is 34.4 Å². The minimum atomic E-state index is -1.07. The van der Waals surface area contributed by atoms with Gasteiger partial charge in [-0.25, -0.2) is 9.78 Å². The smallest absolute Gasteiger partial charge is 0.337 e. The number of benzene rings is 2. The van der Waals surface area contributed by atoms with Gasteiger partial charge < -0.3 is 14.0 Å². The summed E-state index contributed by atoms with van der Waals surface area (Å²) in [6.45, 7) is 2.20. The normalized spacial score (nSPS) is 17.4. The highest BCUT2D eigenvalue weighted by atomic mass is 16.5. The minimum Gasteiger partial charge on any atom is -0.496 e. The lowest BCUT2D eigenvalue weighted by molar-refractivity contribution is -0.153. The van der Waals surface area contributed by atoms with Gasteiger partial charge in [0.05, 0.1) is 25.1 Å². The number of carbonyl (C=O) groups is 1. The number of methoxy groups -OCH3 is 1. The summed E-state index contributed by atoms with van der Waals surface area (Å²) in [4.78, 5) is 17.7. The molecule has 1 unspecified atom stereocenters. The van der Waals surface area contributed by atoms with Crippen molar-refractivity contribution in [1.29, 1.82) is 5.26 Å². The van der Waals surface area contributed by atoms with Crippen molar-refractivity contribution in [3.8, 4) is 11.8 Å². The van der Waals surface area contributed by atoms with Crippen LogP contribution >= 0.6 is 0 Å². The van der Waals surface area contributed by atoms with Crippen molar-refractivity contribution in [2.45, 2.75) is 31.9 Å². The molecule has 1 atom stereocenters. The van der Waals surface area contributed by atoms with Gasteiger partial charge in [0.25, 0.3) is 0 Å². The molecule has 29 heavy (non-hydrogen) atoms. The van der Waals surface area contributed by atoms with Gasteiger partial charge in [0.2, 0.25) is 0 Å². The summed E-state index contributed by atoms with van der Waals surface area (Å²) >= 11 is 0. The van der Waals surface area contributed by atoms with E-state index in [1.165, 1.54) is 7.11 Å². The number of nitriles is 1. The molecule has 146 valence electrons. The van der Waals surface area contributed by atoms with Crippen LogP contribution in [0.5, 0.6) is 5.75 Å². The molecule has 0 fully saturated rings. The van der Waals surface area contributed by atoms with Crippen LogP contribution in [0.2, 0.25) is 0 Å². The molecule has 0 spiro atoms. The van der Waals surface area contributed by atoms with Gasteiger partial charge in [0, 0.05) is 17.5 Å². The molecule has 0 radical (unpaired) electrons. The van der Waals surface area contributed by atoms with Gasteiger partial charge in [0.1, 0.15) is 12.4 Å². The maximum Gasteiger partial charge on any atom is 0.337 e. The van der Waals surface area contributed by atoms with Crippen LogP contribution in [0.4, 0.5) is 0 Å². The van der Waals surface area contributed by atoms with Crippen molar-refractivity contribution in [2.75, 3.05) is 7.11 Å². The second-order valence-corrected chi connectivity index (χ2v) is 7.20. The first-order valence-electron chi connectivity index (χ1n) is 9.41. The SMILES string of the molecule is COc1cc(C#N)ccc1C1(C(=O)OCc2ccc(C)cc2)CCc2cncn21. The third-order valence-corrected chi connectivity index (χ3v) is 5.47. The zero-order chi connectivity index (χ0) is 20.4. The van der Waals surface area contributed by atoms with Crippen molar-refractivity contribution in [2.24, 2.45) is 0 Å². The molecule has 3 aromatic rings. The molecule has 0 saturated heterocycles. The molecule has 0 bridgehead atoms. The van der Waals surface area contributed by atoms with Gasteiger partial charge in [-0.3, -0.25) is 0 Å². The molecule has 0 N–H and O–H groups in total. The fraction of sp³-hybridized carbons (Fsp3) is 0.261. The minimum absolute atomic E-state index is 0.184.